The van der Waals surface area contributed by atoms with E-state index in [1.165, 1.54) is 5.56 Å². The van der Waals surface area contributed by atoms with Crippen molar-refractivity contribution in [2.75, 3.05) is 26.7 Å². The van der Waals surface area contributed by atoms with Crippen LogP contribution in [0.2, 0.25) is 0 Å². The summed E-state index contributed by atoms with van der Waals surface area (Å²) >= 11 is 0. The van der Waals surface area contributed by atoms with Crippen molar-refractivity contribution in [3.05, 3.63) is 46.1 Å². The molecule has 0 radical (unpaired) electrons. The molecule has 0 saturated carbocycles. The van der Waals surface area contributed by atoms with Crippen LogP contribution in [-0.4, -0.2) is 47.1 Å². The SMILES string of the molecule is CCNC(=NCCCn1nc2n(c1=O)CCCC2)NCCc1ccc(OC)cc1.I. The van der Waals surface area contributed by atoms with Gasteiger partial charge in [-0.1, -0.05) is 12.1 Å². The third kappa shape index (κ3) is 6.75. The van der Waals surface area contributed by atoms with Gasteiger partial charge in [-0.15, -0.1) is 24.0 Å². The lowest BCUT2D eigenvalue weighted by Crippen LogP contribution is -2.38. The average molecular weight is 528 g/mol. The third-order valence-corrected chi connectivity index (χ3v) is 5.04. The topological polar surface area (TPSA) is 85.5 Å². The van der Waals surface area contributed by atoms with E-state index in [1.54, 1.807) is 11.8 Å². The second kappa shape index (κ2) is 12.6. The number of hydrogen-bond donors (Lipinski definition) is 2. The molecule has 0 spiro atoms. The maximum Gasteiger partial charge on any atom is 0.345 e. The van der Waals surface area contributed by atoms with E-state index in [0.29, 0.717) is 13.1 Å². The number of rotatable bonds is 9. The molecular weight excluding hydrogens is 495 g/mol. The Hall–Kier alpha value is -2.04. The summed E-state index contributed by atoms with van der Waals surface area (Å²) in [6, 6.07) is 8.11. The Balaban J connectivity index is 0.00000320. The van der Waals surface area contributed by atoms with Gasteiger partial charge in [0, 0.05) is 39.1 Å². The van der Waals surface area contributed by atoms with Crippen molar-refractivity contribution in [2.24, 2.45) is 4.99 Å². The van der Waals surface area contributed by atoms with E-state index in [1.807, 2.05) is 16.7 Å². The van der Waals surface area contributed by atoms with Crippen LogP contribution in [0.3, 0.4) is 0 Å². The number of fused-ring (bicyclic) bond motifs is 1. The molecule has 30 heavy (non-hydrogen) atoms. The maximum atomic E-state index is 12.4. The molecule has 2 N–H and O–H groups in total. The summed E-state index contributed by atoms with van der Waals surface area (Å²) < 4.78 is 8.60. The van der Waals surface area contributed by atoms with Crippen LogP contribution in [0.5, 0.6) is 5.75 Å². The minimum Gasteiger partial charge on any atom is -0.497 e. The van der Waals surface area contributed by atoms with Crippen LogP contribution in [0.25, 0.3) is 0 Å². The van der Waals surface area contributed by atoms with Crippen LogP contribution in [0.1, 0.15) is 37.6 Å². The quantitative estimate of drug-likeness (QED) is 0.226. The fourth-order valence-electron chi connectivity index (χ4n) is 3.46. The minimum atomic E-state index is 0. The Labute approximate surface area is 195 Å². The standard InChI is InChI=1S/C21H32N6O2.HI/c1-3-22-20(24-14-12-17-8-10-18(29-2)11-9-17)23-13-6-16-27-21(28)26-15-5-4-7-19(26)25-27;/h8-11H,3-7,12-16H2,1-2H3,(H2,22,23,24);1H. The molecule has 2 heterocycles. The number of aryl methyl sites for hydroxylation is 2. The van der Waals surface area contributed by atoms with Gasteiger partial charge < -0.3 is 15.4 Å². The van der Waals surface area contributed by atoms with Crippen molar-refractivity contribution in [1.29, 1.82) is 0 Å². The van der Waals surface area contributed by atoms with Crippen molar-refractivity contribution in [1.82, 2.24) is 25.0 Å². The van der Waals surface area contributed by atoms with Crippen LogP contribution in [-0.2, 0) is 25.9 Å². The fourth-order valence-corrected chi connectivity index (χ4v) is 3.46. The lowest BCUT2D eigenvalue weighted by Gasteiger charge is -2.11. The first-order valence-corrected chi connectivity index (χ1v) is 10.5. The fraction of sp³-hybridized carbons (Fsp3) is 0.571. The number of halogens is 1. The monoisotopic (exact) mass is 528 g/mol. The molecule has 0 amide bonds. The molecule has 166 valence electrons. The summed E-state index contributed by atoms with van der Waals surface area (Å²) in [5, 5.41) is 11.1. The summed E-state index contributed by atoms with van der Waals surface area (Å²) in [4.78, 5) is 17.0. The third-order valence-electron chi connectivity index (χ3n) is 5.04. The first-order valence-electron chi connectivity index (χ1n) is 10.5. The Bertz CT molecular complexity index is 859. The molecule has 9 heteroatoms. The molecular formula is C21H33IN6O2. The number of benzene rings is 1. The van der Waals surface area contributed by atoms with E-state index in [9.17, 15) is 4.79 Å². The summed E-state index contributed by atoms with van der Waals surface area (Å²) in [6.07, 6.45) is 4.78. The van der Waals surface area contributed by atoms with Gasteiger partial charge in [0.2, 0.25) is 0 Å². The Morgan fingerprint density at radius 1 is 1.23 bits per heavy atom. The number of nitrogens with one attached hydrogen (secondary N) is 2. The molecule has 2 aromatic rings. The molecule has 3 rings (SSSR count). The molecule has 0 fully saturated rings. The van der Waals surface area contributed by atoms with Gasteiger partial charge in [0.1, 0.15) is 11.6 Å². The van der Waals surface area contributed by atoms with Crippen LogP contribution >= 0.6 is 24.0 Å². The van der Waals surface area contributed by atoms with Crippen LogP contribution in [0.15, 0.2) is 34.1 Å². The predicted molar refractivity (Wildman–Crippen MR) is 130 cm³/mol. The highest BCUT2D eigenvalue weighted by molar-refractivity contribution is 14.0. The Morgan fingerprint density at radius 2 is 2.03 bits per heavy atom. The number of ether oxygens (including phenoxy) is 1. The van der Waals surface area contributed by atoms with Gasteiger partial charge in [-0.2, -0.15) is 5.10 Å². The summed E-state index contributed by atoms with van der Waals surface area (Å²) in [6.45, 7) is 5.71. The van der Waals surface area contributed by atoms with Crippen molar-refractivity contribution >= 4 is 29.9 Å². The zero-order chi connectivity index (χ0) is 20.5. The van der Waals surface area contributed by atoms with Gasteiger partial charge in [0.05, 0.1) is 7.11 Å². The van der Waals surface area contributed by atoms with Gasteiger partial charge in [-0.3, -0.25) is 9.56 Å². The Morgan fingerprint density at radius 3 is 2.73 bits per heavy atom. The van der Waals surface area contributed by atoms with E-state index >= 15 is 0 Å². The predicted octanol–water partition coefficient (Wildman–Crippen LogP) is 2.20. The van der Waals surface area contributed by atoms with E-state index in [-0.39, 0.29) is 29.7 Å². The molecule has 0 unspecified atom stereocenters. The number of nitrogens with zero attached hydrogens (tertiary/aromatic N) is 4. The summed E-state index contributed by atoms with van der Waals surface area (Å²) in [7, 11) is 1.67. The van der Waals surface area contributed by atoms with E-state index in [2.05, 4.69) is 39.8 Å². The molecule has 1 aromatic carbocycles. The van der Waals surface area contributed by atoms with Gasteiger partial charge in [0.25, 0.3) is 0 Å². The summed E-state index contributed by atoms with van der Waals surface area (Å²) in [5.41, 5.74) is 1.27. The number of methoxy groups -OCH3 is 1. The minimum absolute atomic E-state index is 0. The van der Waals surface area contributed by atoms with E-state index in [4.69, 9.17) is 4.74 Å². The van der Waals surface area contributed by atoms with Crippen LogP contribution in [0.4, 0.5) is 0 Å². The summed E-state index contributed by atoms with van der Waals surface area (Å²) in [5.74, 6) is 2.60. The van der Waals surface area contributed by atoms with Crippen molar-refractivity contribution in [3.8, 4) is 5.75 Å². The molecule has 1 aliphatic heterocycles. The van der Waals surface area contributed by atoms with Gasteiger partial charge >= 0.3 is 5.69 Å². The van der Waals surface area contributed by atoms with Gasteiger partial charge in [-0.05, 0) is 50.3 Å². The lowest BCUT2D eigenvalue weighted by molar-refractivity contribution is 0.414. The zero-order valence-corrected chi connectivity index (χ0v) is 20.2. The first-order chi connectivity index (χ1) is 14.2. The normalized spacial score (nSPS) is 13.3. The maximum absolute atomic E-state index is 12.4. The van der Waals surface area contributed by atoms with Crippen molar-refractivity contribution in [3.63, 3.8) is 0 Å². The number of guanidine groups is 1. The van der Waals surface area contributed by atoms with Gasteiger partial charge in [0.15, 0.2) is 5.96 Å². The molecule has 0 bridgehead atoms. The number of aliphatic imine (C=N–C) groups is 1. The number of aromatic nitrogens is 3. The molecule has 0 atom stereocenters. The lowest BCUT2D eigenvalue weighted by atomic mass is 10.1. The van der Waals surface area contributed by atoms with Crippen molar-refractivity contribution in [2.45, 2.75) is 52.1 Å². The van der Waals surface area contributed by atoms with Gasteiger partial charge in [-0.25, -0.2) is 9.48 Å². The highest BCUT2D eigenvalue weighted by Gasteiger charge is 2.16. The molecule has 8 nitrogen and oxygen atoms in total. The molecule has 1 aromatic heterocycles. The first kappa shape index (κ1) is 24.2. The average Bonchev–Trinajstić information content (AvgIpc) is 3.07. The Kier molecular flexibility index (Phi) is 10.2. The van der Waals surface area contributed by atoms with Crippen LogP contribution < -0.4 is 21.1 Å². The van der Waals surface area contributed by atoms with Crippen LogP contribution in [0, 0.1) is 0 Å². The number of hydrogen-bond acceptors (Lipinski definition) is 4. The second-order valence-electron chi connectivity index (χ2n) is 7.17. The largest absolute Gasteiger partial charge is 0.497 e. The molecule has 0 saturated heterocycles. The van der Waals surface area contributed by atoms with E-state index in [0.717, 1.165) is 69.3 Å². The highest BCUT2D eigenvalue weighted by atomic mass is 127. The zero-order valence-electron chi connectivity index (χ0n) is 17.9. The smallest absolute Gasteiger partial charge is 0.345 e. The molecule has 0 aliphatic carbocycles. The van der Waals surface area contributed by atoms with Crippen molar-refractivity contribution < 1.29 is 4.74 Å². The highest BCUT2D eigenvalue weighted by Crippen LogP contribution is 2.11. The van der Waals surface area contributed by atoms with E-state index < -0.39 is 0 Å². The molecule has 1 aliphatic rings. The second-order valence-corrected chi connectivity index (χ2v) is 7.17.